The average Bonchev–Trinajstić information content (AvgIpc) is 3.30. The predicted octanol–water partition coefficient (Wildman–Crippen LogP) is 3.77. The van der Waals surface area contributed by atoms with Crippen molar-refractivity contribution >= 4 is 38.0 Å². The molecule has 0 bridgehead atoms. The van der Waals surface area contributed by atoms with Crippen LogP contribution in [0.3, 0.4) is 0 Å². The van der Waals surface area contributed by atoms with Gasteiger partial charge < -0.3 is 0 Å². The third kappa shape index (κ3) is 3.05. The van der Waals surface area contributed by atoms with E-state index < -0.39 is 21.6 Å². The van der Waals surface area contributed by atoms with Crippen molar-refractivity contribution in [3.05, 3.63) is 46.8 Å². The van der Waals surface area contributed by atoms with Crippen LogP contribution in [-0.2, 0) is 21.6 Å². The van der Waals surface area contributed by atoms with Crippen LogP contribution >= 0.6 is 0 Å². The van der Waals surface area contributed by atoms with Crippen LogP contribution in [0.5, 0.6) is 0 Å². The normalized spacial score (nSPS) is 14.0. The average molecular weight is 429 g/mol. The van der Waals surface area contributed by atoms with E-state index in [4.69, 9.17) is 5.10 Å². The fourth-order valence-electron chi connectivity index (χ4n) is 3.64. The monoisotopic (exact) mass is 428 g/mol. The van der Waals surface area contributed by atoms with Crippen LogP contribution in [-0.4, -0.2) is 39.8 Å². The zero-order valence-corrected chi connectivity index (χ0v) is 19.1. The molecule has 0 amide bonds. The predicted molar refractivity (Wildman–Crippen MR) is 118 cm³/mol. The van der Waals surface area contributed by atoms with Crippen LogP contribution in [0.1, 0.15) is 29.3 Å². The minimum atomic E-state index is -1.21. The molecule has 0 saturated carbocycles. The number of rotatable bonds is 4. The van der Waals surface area contributed by atoms with E-state index in [0.717, 1.165) is 32.6 Å². The largest absolute Gasteiger partial charge is 0.255 e. The van der Waals surface area contributed by atoms with Gasteiger partial charge in [-0.3, -0.25) is 8.42 Å². The van der Waals surface area contributed by atoms with E-state index in [9.17, 15) is 8.42 Å². The van der Waals surface area contributed by atoms with Crippen molar-refractivity contribution in [1.82, 2.24) is 19.4 Å². The van der Waals surface area contributed by atoms with E-state index in [1.807, 2.05) is 42.8 Å². The lowest BCUT2D eigenvalue weighted by Gasteiger charge is -2.12. The maximum Gasteiger partial charge on any atom is 0.192 e. The molecule has 2 atom stereocenters. The number of nitrogens with zero attached hydrogens (tertiary/aromatic N) is 4. The minimum absolute atomic E-state index is 0.500. The molecule has 0 aliphatic heterocycles. The SMILES string of the molecule is CCS(=O)c1c(-n2cc3ccc(S(C)=O)cc3n2)nn2c(C)c(C)c(C)c(C)c12. The summed E-state index contributed by atoms with van der Waals surface area (Å²) < 4.78 is 28.5. The van der Waals surface area contributed by atoms with Gasteiger partial charge in [-0.25, -0.2) is 9.20 Å². The summed E-state index contributed by atoms with van der Waals surface area (Å²) in [6.07, 6.45) is 3.54. The number of benzene rings is 1. The fourth-order valence-corrected chi connectivity index (χ4v) is 5.26. The number of hydrogen-bond donors (Lipinski definition) is 0. The lowest BCUT2D eigenvalue weighted by Crippen LogP contribution is -2.04. The van der Waals surface area contributed by atoms with E-state index in [2.05, 4.69) is 25.9 Å². The Morgan fingerprint density at radius 2 is 1.72 bits per heavy atom. The quantitative estimate of drug-likeness (QED) is 0.496. The number of hydrogen-bond acceptors (Lipinski definition) is 4. The van der Waals surface area contributed by atoms with Crippen molar-refractivity contribution < 1.29 is 8.42 Å². The second-order valence-corrected chi connectivity index (χ2v) is 10.3. The Hall–Kier alpha value is -2.32. The third-order valence-electron chi connectivity index (χ3n) is 5.68. The summed E-state index contributed by atoms with van der Waals surface area (Å²) in [6.45, 7) is 10.2. The third-order valence-corrected chi connectivity index (χ3v) is 7.96. The molecule has 0 radical (unpaired) electrons. The molecule has 8 heteroatoms. The lowest BCUT2D eigenvalue weighted by molar-refractivity contribution is 0.683. The summed E-state index contributed by atoms with van der Waals surface area (Å²) in [6, 6.07) is 5.59. The van der Waals surface area contributed by atoms with E-state index in [0.29, 0.717) is 16.5 Å². The maximum atomic E-state index is 13.1. The first-order valence-electron chi connectivity index (χ1n) is 9.45. The molecule has 152 valence electrons. The molecule has 2 unspecified atom stereocenters. The minimum Gasteiger partial charge on any atom is -0.255 e. The van der Waals surface area contributed by atoms with Gasteiger partial charge in [0.25, 0.3) is 0 Å². The first kappa shape index (κ1) is 20.0. The Balaban J connectivity index is 2.07. The molecule has 6 nitrogen and oxygen atoms in total. The number of aryl methyl sites for hydroxylation is 2. The van der Waals surface area contributed by atoms with Gasteiger partial charge in [0.15, 0.2) is 5.82 Å². The molecule has 4 aromatic rings. The van der Waals surface area contributed by atoms with Crippen LogP contribution in [0.4, 0.5) is 0 Å². The lowest BCUT2D eigenvalue weighted by atomic mass is 10.0. The van der Waals surface area contributed by atoms with Crippen molar-refractivity contribution in [2.45, 2.75) is 44.4 Å². The summed E-state index contributed by atoms with van der Waals surface area (Å²) in [5.41, 5.74) is 6.13. The van der Waals surface area contributed by atoms with E-state index in [1.165, 1.54) is 11.1 Å². The Kier molecular flexibility index (Phi) is 4.94. The highest BCUT2D eigenvalue weighted by Crippen LogP contribution is 2.31. The van der Waals surface area contributed by atoms with Gasteiger partial charge in [-0.2, -0.15) is 5.10 Å². The first-order valence-corrected chi connectivity index (χ1v) is 12.3. The number of fused-ring (bicyclic) bond motifs is 2. The van der Waals surface area contributed by atoms with Gasteiger partial charge in [0.1, 0.15) is 4.90 Å². The van der Waals surface area contributed by atoms with Crippen molar-refractivity contribution in [2.75, 3.05) is 12.0 Å². The van der Waals surface area contributed by atoms with Crippen molar-refractivity contribution in [2.24, 2.45) is 0 Å². The molecule has 4 rings (SSSR count). The molecule has 0 aliphatic rings. The molecule has 0 saturated heterocycles. The summed E-state index contributed by atoms with van der Waals surface area (Å²) >= 11 is 0. The van der Waals surface area contributed by atoms with Gasteiger partial charge in [0.05, 0.1) is 21.8 Å². The molecular formula is C21H24N4O2S2. The van der Waals surface area contributed by atoms with Gasteiger partial charge in [0.2, 0.25) is 0 Å². The highest BCUT2D eigenvalue weighted by atomic mass is 32.2. The first-order chi connectivity index (χ1) is 13.7. The molecule has 3 heterocycles. The van der Waals surface area contributed by atoms with Crippen molar-refractivity contribution in [3.63, 3.8) is 0 Å². The highest BCUT2D eigenvalue weighted by Gasteiger charge is 2.24. The summed E-state index contributed by atoms with van der Waals surface area (Å²) in [5, 5.41) is 10.4. The summed E-state index contributed by atoms with van der Waals surface area (Å²) in [5.74, 6) is 1.08. The van der Waals surface area contributed by atoms with Crippen LogP contribution < -0.4 is 0 Å². The molecule has 29 heavy (non-hydrogen) atoms. The Morgan fingerprint density at radius 3 is 2.38 bits per heavy atom. The zero-order chi connectivity index (χ0) is 21.0. The topological polar surface area (TPSA) is 69.3 Å². The summed E-state index contributed by atoms with van der Waals surface area (Å²) in [7, 11) is -2.28. The standard InChI is InChI=1S/C21H24N4O2S2/c1-7-29(27)20-19-14(4)12(2)13(3)15(5)25(19)23-21(20)24-11-16-8-9-17(28(6)26)10-18(16)22-24/h8-11H,7H2,1-6H3. The number of aromatic nitrogens is 4. The van der Waals surface area contributed by atoms with Gasteiger partial charge in [-0.05, 0) is 62.6 Å². The molecule has 0 aliphatic carbocycles. The van der Waals surface area contributed by atoms with Crippen molar-refractivity contribution in [3.8, 4) is 5.82 Å². The smallest absolute Gasteiger partial charge is 0.192 e. The van der Waals surface area contributed by atoms with Gasteiger partial charge in [-0.15, -0.1) is 5.10 Å². The van der Waals surface area contributed by atoms with E-state index >= 15 is 0 Å². The van der Waals surface area contributed by atoms with Crippen LogP contribution in [0, 0.1) is 27.7 Å². The molecule has 1 aromatic carbocycles. The van der Waals surface area contributed by atoms with Crippen LogP contribution in [0.2, 0.25) is 0 Å². The van der Waals surface area contributed by atoms with Crippen LogP contribution in [0.15, 0.2) is 34.2 Å². The second-order valence-electron chi connectivity index (χ2n) is 7.26. The fraction of sp³-hybridized carbons (Fsp3) is 0.333. The molecule has 0 fully saturated rings. The van der Waals surface area contributed by atoms with Gasteiger partial charge in [-0.1, -0.05) is 6.92 Å². The van der Waals surface area contributed by atoms with Gasteiger partial charge >= 0.3 is 0 Å². The second kappa shape index (κ2) is 7.18. The maximum absolute atomic E-state index is 13.1. The van der Waals surface area contributed by atoms with Crippen molar-refractivity contribution in [1.29, 1.82) is 0 Å². The molecule has 0 spiro atoms. The Morgan fingerprint density at radius 1 is 1.00 bits per heavy atom. The Labute approximate surface area is 174 Å². The van der Waals surface area contributed by atoms with E-state index in [1.54, 1.807) is 10.9 Å². The van der Waals surface area contributed by atoms with Crippen LogP contribution in [0.25, 0.3) is 22.2 Å². The molecule has 3 aromatic heterocycles. The number of pyridine rings is 1. The molecule has 0 N–H and O–H groups in total. The molecular weight excluding hydrogens is 404 g/mol. The summed E-state index contributed by atoms with van der Waals surface area (Å²) in [4.78, 5) is 1.44. The Bertz CT molecular complexity index is 1330. The highest BCUT2D eigenvalue weighted by molar-refractivity contribution is 7.85. The van der Waals surface area contributed by atoms with Gasteiger partial charge in [0, 0.05) is 45.0 Å². The van der Waals surface area contributed by atoms with E-state index in [-0.39, 0.29) is 0 Å². The zero-order valence-electron chi connectivity index (χ0n) is 17.4.